The number of benzene rings is 2. The smallest absolute Gasteiger partial charge is 0.306 e. The summed E-state index contributed by atoms with van der Waals surface area (Å²) in [5.74, 6) is 0.622. The molecule has 148 valence electrons. The number of carbonyl (C=O) groups is 2. The fraction of sp³-hybridized carbons (Fsp3) is 0.227. The molecule has 2 heterocycles. The van der Waals surface area contributed by atoms with Crippen LogP contribution in [0.25, 0.3) is 10.6 Å². The van der Waals surface area contributed by atoms with Crippen molar-refractivity contribution in [2.75, 3.05) is 13.2 Å². The quantitative estimate of drug-likeness (QED) is 0.428. The van der Waals surface area contributed by atoms with E-state index in [4.69, 9.17) is 14.2 Å². The van der Waals surface area contributed by atoms with Gasteiger partial charge in [0.25, 0.3) is 0 Å². The van der Waals surface area contributed by atoms with Crippen molar-refractivity contribution in [3.05, 3.63) is 65.2 Å². The van der Waals surface area contributed by atoms with Crippen LogP contribution < -0.4 is 9.47 Å². The molecule has 2 aromatic carbocycles. The Morgan fingerprint density at radius 1 is 1.00 bits per heavy atom. The van der Waals surface area contributed by atoms with Crippen molar-refractivity contribution in [1.82, 2.24) is 4.98 Å². The molecule has 0 bridgehead atoms. The third-order valence-corrected chi connectivity index (χ3v) is 5.31. The molecule has 7 heteroatoms. The van der Waals surface area contributed by atoms with Crippen LogP contribution in [0.1, 0.15) is 28.9 Å². The second-order valence-electron chi connectivity index (χ2n) is 6.45. The summed E-state index contributed by atoms with van der Waals surface area (Å²) in [4.78, 5) is 28.9. The fourth-order valence-corrected chi connectivity index (χ4v) is 3.70. The Hall–Kier alpha value is -3.19. The fourth-order valence-electron chi connectivity index (χ4n) is 2.89. The van der Waals surface area contributed by atoms with E-state index >= 15 is 0 Å². The predicted octanol–water partition coefficient (Wildman–Crippen LogP) is 4.29. The van der Waals surface area contributed by atoms with Crippen LogP contribution in [-0.2, 0) is 16.1 Å². The molecule has 0 amide bonds. The summed E-state index contributed by atoms with van der Waals surface area (Å²) in [6.07, 6.45) is 0.0910. The van der Waals surface area contributed by atoms with E-state index < -0.39 is 5.97 Å². The SMILES string of the molecule is O=C(CCC(=O)c1ccc2c(c1)OCCO2)OCc1csc(-c2ccccc2)n1. The third kappa shape index (κ3) is 4.81. The number of hydrogen-bond donors (Lipinski definition) is 0. The lowest BCUT2D eigenvalue weighted by Gasteiger charge is -2.18. The molecular formula is C22H19NO5S. The molecule has 0 saturated carbocycles. The molecular weight excluding hydrogens is 390 g/mol. The molecule has 0 fully saturated rings. The van der Waals surface area contributed by atoms with Crippen molar-refractivity contribution in [2.24, 2.45) is 0 Å². The molecule has 0 radical (unpaired) electrons. The van der Waals surface area contributed by atoms with Gasteiger partial charge in [-0.2, -0.15) is 0 Å². The van der Waals surface area contributed by atoms with Gasteiger partial charge in [0, 0.05) is 22.9 Å². The predicted molar refractivity (Wildman–Crippen MR) is 108 cm³/mol. The highest BCUT2D eigenvalue weighted by Gasteiger charge is 2.16. The topological polar surface area (TPSA) is 74.7 Å². The van der Waals surface area contributed by atoms with E-state index in [1.54, 1.807) is 18.2 Å². The summed E-state index contributed by atoms with van der Waals surface area (Å²) >= 11 is 1.50. The van der Waals surface area contributed by atoms with Gasteiger partial charge < -0.3 is 14.2 Å². The number of hydrogen-bond acceptors (Lipinski definition) is 7. The Kier molecular flexibility index (Phi) is 5.86. The first-order chi connectivity index (χ1) is 14.2. The number of aromatic nitrogens is 1. The van der Waals surface area contributed by atoms with E-state index in [-0.39, 0.29) is 25.2 Å². The Morgan fingerprint density at radius 2 is 1.79 bits per heavy atom. The first-order valence-corrected chi connectivity index (χ1v) is 10.2. The van der Waals surface area contributed by atoms with Gasteiger partial charge in [-0.1, -0.05) is 30.3 Å². The maximum absolute atomic E-state index is 12.4. The Bertz CT molecular complexity index is 1020. The summed E-state index contributed by atoms with van der Waals surface area (Å²) in [7, 11) is 0. The molecule has 0 N–H and O–H groups in total. The molecule has 1 aromatic heterocycles. The molecule has 0 spiro atoms. The van der Waals surface area contributed by atoms with Crippen molar-refractivity contribution < 1.29 is 23.8 Å². The zero-order valence-corrected chi connectivity index (χ0v) is 16.4. The Morgan fingerprint density at radius 3 is 2.62 bits per heavy atom. The van der Waals surface area contributed by atoms with Gasteiger partial charge in [0.1, 0.15) is 24.8 Å². The van der Waals surface area contributed by atoms with Gasteiger partial charge >= 0.3 is 5.97 Å². The Labute approximate surface area is 172 Å². The molecule has 0 aliphatic carbocycles. The van der Waals surface area contributed by atoms with Crippen LogP contribution in [0, 0.1) is 0 Å². The monoisotopic (exact) mass is 409 g/mol. The van der Waals surface area contributed by atoms with Crippen molar-refractivity contribution in [2.45, 2.75) is 19.4 Å². The highest BCUT2D eigenvalue weighted by Crippen LogP contribution is 2.31. The normalized spacial score (nSPS) is 12.4. The summed E-state index contributed by atoms with van der Waals surface area (Å²) < 4.78 is 16.2. The first-order valence-electron chi connectivity index (χ1n) is 9.27. The number of thiazole rings is 1. The summed E-state index contributed by atoms with van der Waals surface area (Å²) in [6, 6.07) is 14.9. The van der Waals surface area contributed by atoms with Gasteiger partial charge in [-0.15, -0.1) is 11.3 Å². The molecule has 1 aliphatic rings. The van der Waals surface area contributed by atoms with Gasteiger partial charge in [0.05, 0.1) is 12.1 Å². The number of nitrogens with zero attached hydrogens (tertiary/aromatic N) is 1. The molecule has 1 aliphatic heterocycles. The summed E-state index contributed by atoms with van der Waals surface area (Å²) in [6.45, 7) is 1.05. The number of fused-ring (bicyclic) bond motifs is 1. The third-order valence-electron chi connectivity index (χ3n) is 4.37. The van der Waals surface area contributed by atoms with Gasteiger partial charge in [-0.3, -0.25) is 9.59 Å². The number of rotatable bonds is 7. The highest BCUT2D eigenvalue weighted by atomic mass is 32.1. The van der Waals surface area contributed by atoms with Gasteiger partial charge in [0.2, 0.25) is 0 Å². The van der Waals surface area contributed by atoms with E-state index in [9.17, 15) is 9.59 Å². The van der Waals surface area contributed by atoms with Crippen LogP contribution in [0.2, 0.25) is 0 Å². The number of ether oxygens (including phenoxy) is 3. The molecule has 3 aromatic rings. The zero-order chi connectivity index (χ0) is 20.1. The number of esters is 1. The molecule has 6 nitrogen and oxygen atoms in total. The van der Waals surface area contributed by atoms with Crippen LogP contribution in [0.5, 0.6) is 11.5 Å². The lowest BCUT2D eigenvalue weighted by atomic mass is 10.1. The minimum absolute atomic E-state index is 0.0168. The van der Waals surface area contributed by atoms with Gasteiger partial charge in [-0.05, 0) is 18.2 Å². The van der Waals surface area contributed by atoms with Gasteiger partial charge in [-0.25, -0.2) is 4.98 Å². The second kappa shape index (κ2) is 8.87. The van der Waals surface area contributed by atoms with E-state index in [2.05, 4.69) is 4.98 Å². The molecule has 0 saturated heterocycles. The summed E-state index contributed by atoms with van der Waals surface area (Å²) in [5.41, 5.74) is 2.22. The van der Waals surface area contributed by atoms with Crippen LogP contribution >= 0.6 is 11.3 Å². The average Bonchev–Trinajstić information content (AvgIpc) is 3.25. The minimum atomic E-state index is -0.426. The summed E-state index contributed by atoms with van der Waals surface area (Å²) in [5, 5.41) is 2.75. The zero-order valence-electron chi connectivity index (χ0n) is 15.6. The maximum atomic E-state index is 12.4. The van der Waals surface area contributed by atoms with E-state index in [1.807, 2.05) is 35.7 Å². The minimum Gasteiger partial charge on any atom is -0.486 e. The molecule has 4 rings (SSSR count). The number of carbonyl (C=O) groups excluding carboxylic acids is 2. The van der Waals surface area contributed by atoms with Gasteiger partial charge in [0.15, 0.2) is 17.3 Å². The highest BCUT2D eigenvalue weighted by molar-refractivity contribution is 7.13. The molecule has 0 unspecified atom stereocenters. The van der Waals surface area contributed by atoms with E-state index in [0.717, 1.165) is 10.6 Å². The lowest BCUT2D eigenvalue weighted by Crippen LogP contribution is -2.16. The second-order valence-corrected chi connectivity index (χ2v) is 7.31. The van der Waals surface area contributed by atoms with E-state index in [1.165, 1.54) is 11.3 Å². The van der Waals surface area contributed by atoms with Crippen molar-refractivity contribution in [1.29, 1.82) is 0 Å². The maximum Gasteiger partial charge on any atom is 0.306 e. The van der Waals surface area contributed by atoms with Crippen molar-refractivity contribution in [3.8, 4) is 22.1 Å². The van der Waals surface area contributed by atoms with Crippen LogP contribution in [0.3, 0.4) is 0 Å². The lowest BCUT2D eigenvalue weighted by molar-refractivity contribution is -0.145. The van der Waals surface area contributed by atoms with Crippen LogP contribution in [0.4, 0.5) is 0 Å². The van der Waals surface area contributed by atoms with Crippen molar-refractivity contribution >= 4 is 23.1 Å². The molecule has 0 atom stereocenters. The number of ketones is 1. The van der Waals surface area contributed by atoms with Crippen LogP contribution in [0.15, 0.2) is 53.9 Å². The van der Waals surface area contributed by atoms with E-state index in [0.29, 0.717) is 36.0 Å². The van der Waals surface area contributed by atoms with Crippen LogP contribution in [-0.4, -0.2) is 30.0 Å². The average molecular weight is 409 g/mol. The van der Waals surface area contributed by atoms with Crippen molar-refractivity contribution in [3.63, 3.8) is 0 Å². The molecule has 29 heavy (non-hydrogen) atoms. The first kappa shape index (κ1) is 19.1. The Balaban J connectivity index is 1.26. The number of Topliss-reactive ketones (excluding diaryl/α,β-unsaturated/α-hetero) is 1. The standard InChI is InChI=1S/C22H19NO5S/c24-18(16-6-8-19-20(12-16)27-11-10-26-19)7-9-21(25)28-13-17-14-29-22(23-17)15-4-2-1-3-5-15/h1-6,8,12,14H,7,9-11,13H2. The largest absolute Gasteiger partial charge is 0.486 e.